The molecule has 2 aliphatic rings. The minimum absolute atomic E-state index is 0.00450. The van der Waals surface area contributed by atoms with E-state index in [9.17, 15) is 31.1 Å². The zero-order valence-corrected chi connectivity index (χ0v) is 23.9. The number of benzene rings is 2. The van der Waals surface area contributed by atoms with E-state index in [2.05, 4.69) is 4.90 Å². The zero-order chi connectivity index (χ0) is 30.7. The topological polar surface area (TPSA) is 48.0 Å². The van der Waals surface area contributed by atoms with Gasteiger partial charge in [-0.2, -0.15) is 26.3 Å². The molecule has 5 atom stereocenters. The summed E-state index contributed by atoms with van der Waals surface area (Å²) >= 11 is 0. The molecule has 11 heteroatoms. The van der Waals surface area contributed by atoms with Crippen LogP contribution < -0.4 is 0 Å². The number of carbonyl (C=O) groups excluding carboxylic acids is 1. The van der Waals surface area contributed by atoms with E-state index in [4.69, 9.17) is 14.2 Å². The monoisotopic (exact) mass is 601 g/mol. The molecule has 0 unspecified atom stereocenters. The van der Waals surface area contributed by atoms with E-state index in [1.165, 1.54) is 6.92 Å². The fourth-order valence-electron chi connectivity index (χ4n) is 6.07. The summed E-state index contributed by atoms with van der Waals surface area (Å²) in [6.07, 6.45) is -9.73. The van der Waals surface area contributed by atoms with Crippen molar-refractivity contribution in [2.24, 2.45) is 11.3 Å². The maximum atomic E-state index is 13.5. The van der Waals surface area contributed by atoms with E-state index in [0.717, 1.165) is 24.9 Å². The molecule has 2 aromatic rings. The van der Waals surface area contributed by atoms with E-state index in [0.29, 0.717) is 44.9 Å². The van der Waals surface area contributed by atoms with Crippen molar-refractivity contribution >= 4 is 5.97 Å². The van der Waals surface area contributed by atoms with Crippen molar-refractivity contribution in [3.05, 3.63) is 70.8 Å². The summed E-state index contributed by atoms with van der Waals surface area (Å²) in [6.45, 7) is 7.67. The van der Waals surface area contributed by atoms with Gasteiger partial charge in [0.15, 0.2) is 6.29 Å². The second kappa shape index (κ2) is 12.9. The van der Waals surface area contributed by atoms with Crippen LogP contribution in [0.2, 0.25) is 0 Å². The number of hydrogen-bond donors (Lipinski definition) is 0. The average Bonchev–Trinajstić information content (AvgIpc) is 2.92. The van der Waals surface area contributed by atoms with Gasteiger partial charge >= 0.3 is 18.3 Å². The Morgan fingerprint density at radius 2 is 1.71 bits per heavy atom. The third-order valence-corrected chi connectivity index (χ3v) is 8.21. The molecule has 42 heavy (non-hydrogen) atoms. The predicted molar refractivity (Wildman–Crippen MR) is 143 cm³/mol. The molecule has 0 aliphatic carbocycles. The lowest BCUT2D eigenvalue weighted by Crippen LogP contribution is -2.50. The Kier molecular flexibility index (Phi) is 9.94. The number of nitrogens with zero attached hydrogens (tertiary/aromatic N) is 1. The lowest BCUT2D eigenvalue weighted by molar-refractivity contribution is -0.211. The van der Waals surface area contributed by atoms with E-state index in [-0.39, 0.29) is 29.4 Å². The summed E-state index contributed by atoms with van der Waals surface area (Å²) in [4.78, 5) is 14.9. The van der Waals surface area contributed by atoms with Crippen LogP contribution in [0.15, 0.2) is 48.5 Å². The van der Waals surface area contributed by atoms with Crippen molar-refractivity contribution in [2.45, 2.75) is 70.7 Å². The maximum absolute atomic E-state index is 13.5. The van der Waals surface area contributed by atoms with Gasteiger partial charge in [-0.05, 0) is 81.8 Å². The van der Waals surface area contributed by atoms with Gasteiger partial charge in [-0.3, -0.25) is 4.79 Å². The molecule has 0 amide bonds. The Balaban J connectivity index is 1.59. The maximum Gasteiger partial charge on any atom is 0.416 e. The smallest absolute Gasteiger partial charge is 0.416 e. The molecule has 0 N–H and O–H groups in total. The Bertz CT molecular complexity index is 1170. The van der Waals surface area contributed by atoms with Gasteiger partial charge in [0.1, 0.15) is 0 Å². The number of carbonyl (C=O) groups is 1. The molecule has 2 heterocycles. The second-order valence-electron chi connectivity index (χ2n) is 11.5. The first-order valence-corrected chi connectivity index (χ1v) is 14.2. The first kappa shape index (κ1) is 32.3. The van der Waals surface area contributed by atoms with Crippen molar-refractivity contribution in [3.63, 3.8) is 0 Å². The van der Waals surface area contributed by atoms with Gasteiger partial charge in [0.25, 0.3) is 0 Å². The predicted octanol–water partition coefficient (Wildman–Crippen LogP) is 7.61. The van der Waals surface area contributed by atoms with Crippen LogP contribution in [0.5, 0.6) is 0 Å². The summed E-state index contributed by atoms with van der Waals surface area (Å²) in [5.74, 6) is -0.572. The van der Waals surface area contributed by atoms with Crippen LogP contribution in [-0.4, -0.2) is 50.0 Å². The molecule has 2 aliphatic heterocycles. The number of alkyl halides is 6. The molecule has 0 radical (unpaired) electrons. The molecule has 0 saturated carbocycles. The first-order chi connectivity index (χ1) is 19.7. The fraction of sp³-hybridized carbons (Fsp3) is 0.581. The largest absolute Gasteiger partial charge is 0.466 e. The Labute approximate surface area is 242 Å². The number of esters is 1. The molecular formula is C31H37F6NO4. The molecule has 2 aromatic carbocycles. The van der Waals surface area contributed by atoms with Crippen molar-refractivity contribution in [3.8, 4) is 0 Å². The fourth-order valence-corrected chi connectivity index (χ4v) is 6.07. The highest BCUT2D eigenvalue weighted by Crippen LogP contribution is 2.42. The van der Waals surface area contributed by atoms with Gasteiger partial charge in [-0.15, -0.1) is 0 Å². The lowest BCUT2D eigenvalue weighted by atomic mass is 9.78. The van der Waals surface area contributed by atoms with Crippen molar-refractivity contribution in [2.75, 3.05) is 32.8 Å². The minimum Gasteiger partial charge on any atom is -0.466 e. The van der Waals surface area contributed by atoms with Gasteiger partial charge in [-0.1, -0.05) is 30.3 Å². The molecule has 232 valence electrons. The number of rotatable bonds is 8. The molecule has 0 spiro atoms. The van der Waals surface area contributed by atoms with Crippen LogP contribution in [0.25, 0.3) is 0 Å². The van der Waals surface area contributed by atoms with Gasteiger partial charge in [0.2, 0.25) is 0 Å². The molecule has 2 fully saturated rings. The van der Waals surface area contributed by atoms with Crippen LogP contribution in [0, 0.1) is 11.3 Å². The van der Waals surface area contributed by atoms with Crippen LogP contribution >= 0.6 is 0 Å². The summed E-state index contributed by atoms with van der Waals surface area (Å²) < 4.78 is 98.5. The molecular weight excluding hydrogens is 564 g/mol. The van der Waals surface area contributed by atoms with E-state index in [1.54, 1.807) is 6.92 Å². The molecule has 0 bridgehead atoms. The molecule has 2 saturated heterocycles. The van der Waals surface area contributed by atoms with Crippen molar-refractivity contribution in [1.29, 1.82) is 0 Å². The van der Waals surface area contributed by atoms with Crippen LogP contribution in [-0.2, 0) is 31.4 Å². The summed E-state index contributed by atoms with van der Waals surface area (Å²) in [5.41, 5.74) is -2.76. The summed E-state index contributed by atoms with van der Waals surface area (Å²) in [6, 6.07) is 10.9. The van der Waals surface area contributed by atoms with Gasteiger partial charge in [0.05, 0.1) is 35.9 Å². The standard InChI is InChI=1S/C31H37F6NO4/c1-4-40-28(39)29(3)12-8-13-38(19-29)18-22-11-14-41-27(26(22)21-9-6-5-7-10-21)42-20(2)23-15-24(30(32,33)34)17-25(16-23)31(35,36)37/h5-7,9-10,15-17,20,22,26-27H,4,8,11-14,18-19H2,1-3H3/t20-,22+,26-,27-,29-/m1/s1. The van der Waals surface area contributed by atoms with E-state index < -0.39 is 41.3 Å². The summed E-state index contributed by atoms with van der Waals surface area (Å²) in [7, 11) is 0. The Morgan fingerprint density at radius 1 is 1.07 bits per heavy atom. The Morgan fingerprint density at radius 3 is 2.31 bits per heavy atom. The number of piperidine rings is 1. The van der Waals surface area contributed by atoms with Gasteiger partial charge < -0.3 is 19.1 Å². The highest BCUT2D eigenvalue weighted by molar-refractivity contribution is 5.76. The second-order valence-corrected chi connectivity index (χ2v) is 11.5. The molecule has 4 rings (SSSR count). The van der Waals surface area contributed by atoms with Gasteiger partial charge in [-0.25, -0.2) is 0 Å². The normalized spacial score (nSPS) is 26.5. The average molecular weight is 602 g/mol. The molecule has 0 aromatic heterocycles. The first-order valence-electron chi connectivity index (χ1n) is 14.2. The SMILES string of the molecule is CCOC(=O)[C@]1(C)CCCN(C[C@@H]2CCO[C@H](O[C@H](C)c3cc(C(F)(F)F)cc(C(F)(F)F)c3)[C@@H]2c2ccccc2)C1. The minimum atomic E-state index is -4.96. The number of hydrogen-bond acceptors (Lipinski definition) is 5. The van der Waals surface area contributed by atoms with Crippen LogP contribution in [0.4, 0.5) is 26.3 Å². The van der Waals surface area contributed by atoms with Crippen molar-refractivity contribution in [1.82, 2.24) is 4.90 Å². The summed E-state index contributed by atoms with van der Waals surface area (Å²) in [5, 5.41) is 0. The van der Waals surface area contributed by atoms with Crippen molar-refractivity contribution < 1.29 is 45.3 Å². The quantitative estimate of drug-likeness (QED) is 0.230. The third kappa shape index (κ3) is 7.65. The number of likely N-dealkylation sites (tertiary alicyclic amines) is 1. The van der Waals surface area contributed by atoms with E-state index >= 15 is 0 Å². The van der Waals surface area contributed by atoms with E-state index in [1.807, 2.05) is 37.3 Å². The van der Waals surface area contributed by atoms with Crippen LogP contribution in [0.3, 0.4) is 0 Å². The number of halogens is 6. The van der Waals surface area contributed by atoms with Crippen LogP contribution in [0.1, 0.15) is 74.3 Å². The molecule has 5 nitrogen and oxygen atoms in total. The third-order valence-electron chi connectivity index (χ3n) is 8.21. The zero-order valence-electron chi connectivity index (χ0n) is 23.9. The highest BCUT2D eigenvalue weighted by atomic mass is 19.4. The Hall–Kier alpha value is -2.63. The highest BCUT2D eigenvalue weighted by Gasteiger charge is 2.43. The number of ether oxygens (including phenoxy) is 3. The van der Waals surface area contributed by atoms with Gasteiger partial charge in [0, 0.05) is 19.0 Å². The lowest BCUT2D eigenvalue weighted by Gasteiger charge is -2.44.